The maximum atomic E-state index is 12.7. The predicted molar refractivity (Wildman–Crippen MR) is 141 cm³/mol. The fraction of sp³-hybridized carbons (Fsp3) is 0.385. The molecule has 0 saturated carbocycles. The molecule has 180 valence electrons. The van der Waals surface area contributed by atoms with Crippen molar-refractivity contribution in [1.82, 2.24) is 14.9 Å². The molecule has 1 aliphatic rings. The average Bonchev–Trinajstić information content (AvgIpc) is 2.81. The molecular formula is C26H32ClN4O2P. The number of anilines is 2. The highest BCUT2D eigenvalue weighted by atomic mass is 35.5. The fourth-order valence-electron chi connectivity index (χ4n) is 4.43. The number of likely N-dealkylation sites (tertiary alicyclic amines) is 1. The molecule has 1 aliphatic heterocycles. The van der Waals surface area contributed by atoms with E-state index in [0.29, 0.717) is 29.0 Å². The third-order valence-electron chi connectivity index (χ3n) is 6.38. The van der Waals surface area contributed by atoms with Crippen molar-refractivity contribution in [2.45, 2.75) is 25.2 Å². The summed E-state index contributed by atoms with van der Waals surface area (Å²) in [5.41, 5.74) is 3.09. The van der Waals surface area contributed by atoms with Crippen molar-refractivity contribution in [2.24, 2.45) is 0 Å². The van der Waals surface area contributed by atoms with E-state index in [1.807, 2.05) is 24.3 Å². The molecule has 2 heterocycles. The van der Waals surface area contributed by atoms with E-state index >= 15 is 0 Å². The van der Waals surface area contributed by atoms with Gasteiger partial charge in [0.2, 0.25) is 0 Å². The van der Waals surface area contributed by atoms with Crippen LogP contribution in [0.15, 0.2) is 48.7 Å². The molecule has 0 aliphatic carbocycles. The molecule has 1 fully saturated rings. The second-order valence-electron chi connectivity index (χ2n) is 9.30. The lowest BCUT2D eigenvalue weighted by molar-refractivity contribution is 0.255. The second kappa shape index (κ2) is 10.5. The molecule has 2 aromatic carbocycles. The van der Waals surface area contributed by atoms with E-state index in [1.165, 1.54) is 5.56 Å². The topological polar surface area (TPSA) is 67.3 Å². The Balaban J connectivity index is 1.56. The van der Waals surface area contributed by atoms with Crippen molar-refractivity contribution in [1.29, 1.82) is 0 Å². The lowest BCUT2D eigenvalue weighted by Crippen LogP contribution is -2.29. The number of rotatable bonds is 7. The first-order valence-electron chi connectivity index (χ1n) is 11.5. The van der Waals surface area contributed by atoms with Gasteiger partial charge in [-0.25, -0.2) is 9.97 Å². The molecular weight excluding hydrogens is 467 g/mol. The first-order valence-corrected chi connectivity index (χ1v) is 14.5. The highest BCUT2D eigenvalue weighted by molar-refractivity contribution is 7.70. The summed E-state index contributed by atoms with van der Waals surface area (Å²) in [4.78, 5) is 11.5. The molecule has 0 unspecified atom stereocenters. The smallest absolute Gasteiger partial charge is 0.153 e. The molecule has 3 aromatic rings. The zero-order chi connectivity index (χ0) is 24.3. The first-order chi connectivity index (χ1) is 16.2. The highest BCUT2D eigenvalue weighted by Gasteiger charge is 2.20. The van der Waals surface area contributed by atoms with Crippen LogP contribution in [-0.2, 0) is 11.0 Å². The first kappa shape index (κ1) is 24.7. The number of halogens is 1. The fourth-order valence-corrected chi connectivity index (χ4v) is 5.72. The van der Waals surface area contributed by atoms with Crippen LogP contribution in [0.2, 0.25) is 5.02 Å². The van der Waals surface area contributed by atoms with Gasteiger partial charge in [-0.3, -0.25) is 0 Å². The van der Waals surface area contributed by atoms with Crippen molar-refractivity contribution in [3.05, 3.63) is 70.6 Å². The molecule has 0 bridgehead atoms. The zero-order valence-corrected chi connectivity index (χ0v) is 21.9. The summed E-state index contributed by atoms with van der Waals surface area (Å²) < 4.78 is 18.5. The molecule has 34 heavy (non-hydrogen) atoms. The lowest BCUT2D eigenvalue weighted by Gasteiger charge is -2.29. The summed E-state index contributed by atoms with van der Waals surface area (Å²) in [5.74, 6) is 2.54. The minimum atomic E-state index is -2.47. The lowest BCUT2D eigenvalue weighted by atomic mass is 9.88. The van der Waals surface area contributed by atoms with E-state index in [0.717, 1.165) is 48.2 Å². The predicted octanol–water partition coefficient (Wildman–Crippen LogP) is 5.53. The Morgan fingerprint density at radius 3 is 2.62 bits per heavy atom. The maximum Gasteiger partial charge on any atom is 0.153 e. The average molecular weight is 499 g/mol. The molecule has 0 radical (unpaired) electrons. The standard InChI is InChI=1S/C26H32ClN4O2P/c1-31-13-11-18(12-14-31)19-9-10-20(23(15-19)33-2)16-25-28-17-21(27)26(30-25)29-22-7-5-6-8-24(22)34(3,4)32/h5-10,15,17-18H,11-14,16H2,1-4H3,(H,28,29,30). The van der Waals surface area contributed by atoms with Crippen LogP contribution in [0.25, 0.3) is 0 Å². The Morgan fingerprint density at radius 2 is 1.91 bits per heavy atom. The van der Waals surface area contributed by atoms with Crippen molar-refractivity contribution < 1.29 is 9.30 Å². The van der Waals surface area contributed by atoms with E-state index in [2.05, 4.69) is 45.4 Å². The number of methoxy groups -OCH3 is 1. The molecule has 8 heteroatoms. The minimum absolute atomic E-state index is 0.408. The molecule has 0 atom stereocenters. The van der Waals surface area contributed by atoms with Crippen LogP contribution in [0, 0.1) is 0 Å². The second-order valence-corrected chi connectivity index (χ2v) is 12.9. The van der Waals surface area contributed by atoms with Crippen molar-refractivity contribution >= 4 is 35.6 Å². The van der Waals surface area contributed by atoms with Crippen molar-refractivity contribution in [2.75, 3.05) is 45.9 Å². The molecule has 4 rings (SSSR count). The van der Waals surface area contributed by atoms with E-state index in [1.54, 1.807) is 26.6 Å². The SMILES string of the molecule is COc1cc(C2CCN(C)CC2)ccc1Cc1ncc(Cl)c(Nc2ccccc2P(C)(C)=O)n1. The number of piperidine rings is 1. The highest BCUT2D eigenvalue weighted by Crippen LogP contribution is 2.38. The maximum absolute atomic E-state index is 12.7. The molecule has 0 amide bonds. The van der Waals surface area contributed by atoms with Gasteiger partial charge in [-0.15, -0.1) is 0 Å². The van der Waals surface area contributed by atoms with Crippen LogP contribution in [-0.4, -0.2) is 55.4 Å². The number of hydrogen-bond acceptors (Lipinski definition) is 6. The Labute approximate surface area is 207 Å². The Bertz CT molecular complexity index is 1210. The van der Waals surface area contributed by atoms with Gasteiger partial charge in [0.25, 0.3) is 0 Å². The van der Waals surface area contributed by atoms with Gasteiger partial charge in [-0.05, 0) is 76.0 Å². The Morgan fingerprint density at radius 1 is 1.18 bits per heavy atom. The van der Waals surface area contributed by atoms with Gasteiger partial charge in [0.1, 0.15) is 23.7 Å². The van der Waals surface area contributed by atoms with Crippen LogP contribution >= 0.6 is 18.7 Å². The van der Waals surface area contributed by atoms with E-state index in [9.17, 15) is 4.57 Å². The van der Waals surface area contributed by atoms with E-state index in [4.69, 9.17) is 16.3 Å². The number of ether oxygens (including phenoxy) is 1. The molecule has 1 aromatic heterocycles. The van der Waals surface area contributed by atoms with Crippen molar-refractivity contribution in [3.63, 3.8) is 0 Å². The van der Waals surface area contributed by atoms with Crippen molar-refractivity contribution in [3.8, 4) is 5.75 Å². The minimum Gasteiger partial charge on any atom is -0.496 e. The van der Waals surface area contributed by atoms with Gasteiger partial charge in [0, 0.05) is 17.3 Å². The number of para-hydroxylation sites is 1. The number of nitrogens with one attached hydrogen (secondary N) is 1. The normalized spacial score (nSPS) is 15.3. The summed E-state index contributed by atoms with van der Waals surface area (Å²) in [6.07, 6.45) is 4.45. The molecule has 1 N–H and O–H groups in total. The number of nitrogens with zero attached hydrogens (tertiary/aromatic N) is 3. The monoisotopic (exact) mass is 498 g/mol. The number of hydrogen-bond donors (Lipinski definition) is 1. The summed E-state index contributed by atoms with van der Waals surface area (Å²) in [5, 5.41) is 4.44. The molecule has 6 nitrogen and oxygen atoms in total. The summed E-state index contributed by atoms with van der Waals surface area (Å²) in [7, 11) is 1.41. The van der Waals surface area contributed by atoms with Gasteiger partial charge in [-0.1, -0.05) is 35.9 Å². The number of benzene rings is 2. The summed E-state index contributed by atoms with van der Waals surface area (Å²) >= 11 is 6.41. The summed E-state index contributed by atoms with van der Waals surface area (Å²) in [6, 6.07) is 14.0. The largest absolute Gasteiger partial charge is 0.496 e. The molecule has 0 spiro atoms. The molecule has 1 saturated heterocycles. The van der Waals surface area contributed by atoms with Crippen LogP contribution in [0.1, 0.15) is 35.7 Å². The van der Waals surface area contributed by atoms with Crippen LogP contribution < -0.4 is 15.4 Å². The van der Waals surface area contributed by atoms with Gasteiger partial charge < -0.3 is 19.5 Å². The van der Waals surface area contributed by atoms with Crippen LogP contribution in [0.3, 0.4) is 0 Å². The summed E-state index contributed by atoms with van der Waals surface area (Å²) in [6.45, 7) is 5.75. The third kappa shape index (κ3) is 5.80. The Kier molecular flexibility index (Phi) is 7.61. The van der Waals surface area contributed by atoms with Gasteiger partial charge in [0.15, 0.2) is 5.82 Å². The van der Waals surface area contributed by atoms with E-state index < -0.39 is 7.14 Å². The quantitative estimate of drug-likeness (QED) is 0.432. The zero-order valence-electron chi connectivity index (χ0n) is 20.2. The number of aromatic nitrogens is 2. The van der Waals surface area contributed by atoms with Gasteiger partial charge in [0.05, 0.1) is 19.0 Å². The van der Waals surface area contributed by atoms with Gasteiger partial charge in [-0.2, -0.15) is 0 Å². The third-order valence-corrected chi connectivity index (χ3v) is 8.21. The van der Waals surface area contributed by atoms with E-state index in [-0.39, 0.29) is 0 Å². The van der Waals surface area contributed by atoms with Crippen LogP contribution in [0.5, 0.6) is 5.75 Å². The van der Waals surface area contributed by atoms with Gasteiger partial charge >= 0.3 is 0 Å². The van der Waals surface area contributed by atoms with Crippen LogP contribution in [0.4, 0.5) is 11.5 Å². The Hall–Kier alpha value is -2.40.